The van der Waals surface area contributed by atoms with Gasteiger partial charge in [-0.3, -0.25) is 4.79 Å². The van der Waals surface area contributed by atoms with Crippen molar-refractivity contribution in [1.29, 1.82) is 0 Å². The second kappa shape index (κ2) is 2.62. The van der Waals surface area contributed by atoms with Gasteiger partial charge in [-0.15, -0.1) is 0 Å². The van der Waals surface area contributed by atoms with E-state index in [-0.39, 0.29) is 5.78 Å². The Morgan fingerprint density at radius 1 is 1.78 bits per heavy atom. The molecule has 1 rings (SSSR count). The van der Waals surface area contributed by atoms with Crippen LogP contribution in [0.25, 0.3) is 0 Å². The van der Waals surface area contributed by atoms with Gasteiger partial charge in [0.15, 0.2) is 5.78 Å². The lowest BCUT2D eigenvalue weighted by molar-refractivity contribution is -0.111. The molecule has 0 unspecified atom stereocenters. The molecule has 0 bridgehead atoms. The van der Waals surface area contributed by atoms with Crippen molar-refractivity contribution in [3.63, 3.8) is 0 Å². The van der Waals surface area contributed by atoms with E-state index >= 15 is 0 Å². The summed E-state index contributed by atoms with van der Waals surface area (Å²) in [5.41, 5.74) is 0.949. The van der Waals surface area contributed by atoms with E-state index in [1.165, 1.54) is 6.08 Å². The normalized spacial score (nSPS) is 17.1. The molecule has 0 aromatic heterocycles. The van der Waals surface area contributed by atoms with E-state index in [9.17, 15) is 4.79 Å². The molecule has 1 heteroatoms. The molecular formula is C8H10O. The third kappa shape index (κ3) is 1.28. The first-order valence-corrected chi connectivity index (χ1v) is 3.20. The van der Waals surface area contributed by atoms with Crippen molar-refractivity contribution in [2.45, 2.75) is 19.3 Å². The molecule has 0 radical (unpaired) electrons. The van der Waals surface area contributed by atoms with Crippen molar-refractivity contribution in [3.05, 3.63) is 24.3 Å². The van der Waals surface area contributed by atoms with Crippen molar-refractivity contribution >= 4 is 5.78 Å². The standard InChI is InChI=1S/C8H10O/c1-2-8(9)7-5-3-4-6-7/h2,5H,1,3-4,6H2. The quantitative estimate of drug-likeness (QED) is 0.511. The molecule has 1 nitrogen and oxygen atoms in total. The average Bonchev–Trinajstić information content (AvgIpc) is 2.37. The lowest BCUT2D eigenvalue weighted by Gasteiger charge is -1.90. The van der Waals surface area contributed by atoms with E-state index in [4.69, 9.17) is 0 Å². The van der Waals surface area contributed by atoms with Gasteiger partial charge in [0.25, 0.3) is 0 Å². The minimum atomic E-state index is 0.104. The maximum atomic E-state index is 10.8. The molecule has 0 aliphatic heterocycles. The van der Waals surface area contributed by atoms with Crippen LogP contribution < -0.4 is 0 Å². The maximum Gasteiger partial charge on any atom is 0.180 e. The lowest BCUT2D eigenvalue weighted by Crippen LogP contribution is -1.93. The van der Waals surface area contributed by atoms with E-state index in [2.05, 4.69) is 6.58 Å². The summed E-state index contributed by atoms with van der Waals surface area (Å²) in [5, 5.41) is 0. The fourth-order valence-corrected chi connectivity index (χ4v) is 1.03. The smallest absolute Gasteiger partial charge is 0.180 e. The molecule has 0 atom stereocenters. The second-order valence-corrected chi connectivity index (χ2v) is 2.19. The van der Waals surface area contributed by atoms with Crippen LogP contribution in [0.15, 0.2) is 24.3 Å². The van der Waals surface area contributed by atoms with E-state index in [1.54, 1.807) is 0 Å². The number of allylic oxidation sites excluding steroid dienone is 3. The number of hydrogen-bond donors (Lipinski definition) is 0. The van der Waals surface area contributed by atoms with Gasteiger partial charge in [0.1, 0.15) is 0 Å². The van der Waals surface area contributed by atoms with Gasteiger partial charge in [-0.25, -0.2) is 0 Å². The highest BCUT2D eigenvalue weighted by atomic mass is 16.1. The van der Waals surface area contributed by atoms with E-state index in [1.807, 2.05) is 6.08 Å². The average molecular weight is 122 g/mol. The van der Waals surface area contributed by atoms with Crippen LogP contribution in [0, 0.1) is 0 Å². The zero-order valence-corrected chi connectivity index (χ0v) is 5.39. The van der Waals surface area contributed by atoms with E-state index < -0.39 is 0 Å². The molecule has 0 saturated heterocycles. The molecule has 9 heavy (non-hydrogen) atoms. The minimum absolute atomic E-state index is 0.104. The summed E-state index contributed by atoms with van der Waals surface area (Å²) < 4.78 is 0. The summed E-state index contributed by atoms with van der Waals surface area (Å²) in [6, 6.07) is 0. The summed E-state index contributed by atoms with van der Waals surface area (Å²) in [6.07, 6.45) is 6.54. The predicted octanol–water partition coefficient (Wildman–Crippen LogP) is 1.85. The van der Waals surface area contributed by atoms with Gasteiger partial charge in [-0.05, 0) is 30.9 Å². The molecule has 1 aliphatic rings. The van der Waals surface area contributed by atoms with Crippen molar-refractivity contribution < 1.29 is 4.79 Å². The molecule has 0 aromatic rings. The van der Waals surface area contributed by atoms with Crippen LogP contribution >= 0.6 is 0 Å². The minimum Gasteiger partial charge on any atom is -0.290 e. The van der Waals surface area contributed by atoms with Crippen LogP contribution in [-0.2, 0) is 4.79 Å². The van der Waals surface area contributed by atoms with Crippen LogP contribution in [0.3, 0.4) is 0 Å². The fourth-order valence-electron chi connectivity index (χ4n) is 1.03. The third-order valence-electron chi connectivity index (χ3n) is 1.54. The SMILES string of the molecule is C=CC(=O)C1=CCCC1. The molecule has 0 aromatic carbocycles. The molecule has 0 fully saturated rings. The van der Waals surface area contributed by atoms with Gasteiger partial charge in [0, 0.05) is 0 Å². The lowest BCUT2D eigenvalue weighted by atomic mass is 10.1. The number of carbonyl (C=O) groups is 1. The molecule has 0 saturated carbocycles. The Labute approximate surface area is 55.1 Å². The predicted molar refractivity (Wildman–Crippen MR) is 37.1 cm³/mol. The summed E-state index contributed by atoms with van der Waals surface area (Å²) in [4.78, 5) is 10.8. The molecule has 48 valence electrons. The fraction of sp³-hybridized carbons (Fsp3) is 0.375. The summed E-state index contributed by atoms with van der Waals surface area (Å²) in [7, 11) is 0. The van der Waals surface area contributed by atoms with E-state index in [0.717, 1.165) is 24.8 Å². The van der Waals surface area contributed by atoms with Gasteiger partial charge in [0.05, 0.1) is 0 Å². The largest absolute Gasteiger partial charge is 0.290 e. The number of rotatable bonds is 2. The Hall–Kier alpha value is -0.850. The first-order valence-electron chi connectivity index (χ1n) is 3.20. The van der Waals surface area contributed by atoms with Crippen molar-refractivity contribution in [2.24, 2.45) is 0 Å². The highest BCUT2D eigenvalue weighted by molar-refractivity contribution is 6.03. The van der Waals surface area contributed by atoms with Gasteiger partial charge < -0.3 is 0 Å². The monoisotopic (exact) mass is 122 g/mol. The molecule has 0 N–H and O–H groups in total. The molecule has 0 spiro atoms. The van der Waals surface area contributed by atoms with Gasteiger partial charge in [-0.1, -0.05) is 12.7 Å². The zero-order chi connectivity index (χ0) is 6.69. The van der Waals surface area contributed by atoms with Crippen LogP contribution in [0.5, 0.6) is 0 Å². The molecule has 1 aliphatic carbocycles. The molecule has 0 heterocycles. The van der Waals surface area contributed by atoms with Crippen LogP contribution in [0.2, 0.25) is 0 Å². The van der Waals surface area contributed by atoms with Gasteiger partial charge in [0.2, 0.25) is 0 Å². The zero-order valence-electron chi connectivity index (χ0n) is 5.39. The van der Waals surface area contributed by atoms with Gasteiger partial charge in [-0.2, -0.15) is 0 Å². The van der Waals surface area contributed by atoms with Gasteiger partial charge >= 0.3 is 0 Å². The van der Waals surface area contributed by atoms with Crippen LogP contribution in [0.4, 0.5) is 0 Å². The summed E-state index contributed by atoms with van der Waals surface area (Å²) in [5.74, 6) is 0.104. The Kier molecular flexibility index (Phi) is 1.83. The molecular weight excluding hydrogens is 112 g/mol. The van der Waals surface area contributed by atoms with Crippen LogP contribution in [-0.4, -0.2) is 5.78 Å². The third-order valence-corrected chi connectivity index (χ3v) is 1.54. The number of carbonyl (C=O) groups excluding carboxylic acids is 1. The molecule has 0 amide bonds. The Morgan fingerprint density at radius 3 is 3.00 bits per heavy atom. The van der Waals surface area contributed by atoms with E-state index in [0.29, 0.717) is 0 Å². The highest BCUT2D eigenvalue weighted by Gasteiger charge is 2.08. The Balaban J connectivity index is 2.61. The van der Waals surface area contributed by atoms with Crippen molar-refractivity contribution in [1.82, 2.24) is 0 Å². The topological polar surface area (TPSA) is 17.1 Å². The number of ketones is 1. The van der Waals surface area contributed by atoms with Crippen LogP contribution in [0.1, 0.15) is 19.3 Å². The number of hydrogen-bond acceptors (Lipinski definition) is 1. The Bertz CT molecular complexity index is 165. The maximum absolute atomic E-state index is 10.8. The first-order chi connectivity index (χ1) is 4.34. The second-order valence-electron chi connectivity index (χ2n) is 2.19. The highest BCUT2D eigenvalue weighted by Crippen LogP contribution is 2.17. The van der Waals surface area contributed by atoms with Crippen molar-refractivity contribution in [3.8, 4) is 0 Å². The summed E-state index contributed by atoms with van der Waals surface area (Å²) >= 11 is 0. The van der Waals surface area contributed by atoms with Crippen molar-refractivity contribution in [2.75, 3.05) is 0 Å². The Morgan fingerprint density at radius 2 is 2.56 bits per heavy atom. The summed E-state index contributed by atoms with van der Waals surface area (Å²) in [6.45, 7) is 3.41. The first kappa shape index (κ1) is 6.27.